The molecule has 0 bridgehead atoms. The lowest BCUT2D eigenvalue weighted by Crippen LogP contribution is -1.93. The molecular weight excluding hydrogens is 190 g/mol. The second-order valence-corrected chi connectivity index (χ2v) is 2.56. The van der Waals surface area contributed by atoms with Crippen LogP contribution in [0.4, 0.5) is 8.78 Å². The Kier molecular flexibility index (Phi) is 3.34. The van der Waals surface area contributed by atoms with E-state index >= 15 is 0 Å². The summed E-state index contributed by atoms with van der Waals surface area (Å²) < 4.78 is 29.6. The number of hydrogen-bond acceptors (Lipinski definition) is 2. The van der Waals surface area contributed by atoms with Gasteiger partial charge in [-0.25, -0.2) is 13.6 Å². The first-order valence-electron chi connectivity index (χ1n) is 3.84. The fourth-order valence-corrected chi connectivity index (χ4v) is 0.904. The molecule has 0 atom stereocenters. The van der Waals surface area contributed by atoms with E-state index in [9.17, 15) is 13.6 Å². The zero-order valence-corrected chi connectivity index (χ0v) is 7.46. The monoisotopic (exact) mass is 198 g/mol. The van der Waals surface area contributed by atoms with Crippen molar-refractivity contribution in [1.29, 1.82) is 0 Å². The zero-order valence-electron chi connectivity index (χ0n) is 7.46. The second kappa shape index (κ2) is 4.50. The summed E-state index contributed by atoms with van der Waals surface area (Å²) in [5, 5.41) is 0. The molecule has 1 aromatic rings. The Balaban J connectivity index is 2.86. The summed E-state index contributed by atoms with van der Waals surface area (Å²) in [6, 6.07) is 2.99. The summed E-state index contributed by atoms with van der Waals surface area (Å²) in [5.74, 6) is -1.95. The number of rotatable bonds is 2. The summed E-state index contributed by atoms with van der Waals surface area (Å²) in [6.07, 6.45) is 2.37. The average molecular weight is 198 g/mol. The molecule has 1 rings (SSSR count). The third-order valence-corrected chi connectivity index (χ3v) is 1.50. The van der Waals surface area contributed by atoms with E-state index in [1.807, 2.05) is 0 Å². The van der Waals surface area contributed by atoms with E-state index in [0.717, 1.165) is 24.3 Å². The van der Waals surface area contributed by atoms with E-state index in [1.54, 1.807) is 0 Å². The number of hydrogen-bond donors (Lipinski definition) is 0. The minimum absolute atomic E-state index is 0.271. The number of benzene rings is 1. The fourth-order valence-electron chi connectivity index (χ4n) is 0.904. The summed E-state index contributed by atoms with van der Waals surface area (Å²) in [7, 11) is 1.22. The van der Waals surface area contributed by atoms with Crippen molar-refractivity contribution in [3.05, 3.63) is 41.5 Å². The molecule has 0 fully saturated rings. The van der Waals surface area contributed by atoms with Crippen molar-refractivity contribution < 1.29 is 18.3 Å². The predicted molar refractivity (Wildman–Crippen MR) is 47.4 cm³/mol. The standard InChI is InChI=1S/C10H8F2O2/c1-14-10(13)3-2-7-4-8(11)6-9(12)5-7/h2-6H,1H3/b3-2+. The highest BCUT2D eigenvalue weighted by Gasteiger charge is 1.98. The maximum atomic E-state index is 12.6. The SMILES string of the molecule is COC(=O)/C=C/c1cc(F)cc(F)c1. The molecule has 0 radical (unpaired) electrons. The van der Waals surface area contributed by atoms with Crippen molar-refractivity contribution >= 4 is 12.0 Å². The zero-order chi connectivity index (χ0) is 10.6. The van der Waals surface area contributed by atoms with Crippen LogP contribution in [0.1, 0.15) is 5.56 Å². The van der Waals surface area contributed by atoms with Gasteiger partial charge >= 0.3 is 5.97 Å². The van der Waals surface area contributed by atoms with Gasteiger partial charge in [-0.05, 0) is 23.8 Å². The molecule has 0 unspecified atom stereocenters. The lowest BCUT2D eigenvalue weighted by Gasteiger charge is -1.95. The molecule has 0 heterocycles. The van der Waals surface area contributed by atoms with E-state index < -0.39 is 17.6 Å². The first-order chi connectivity index (χ1) is 6.61. The van der Waals surface area contributed by atoms with Crippen LogP contribution in [0.3, 0.4) is 0 Å². The molecular formula is C10H8F2O2. The first-order valence-corrected chi connectivity index (χ1v) is 3.84. The highest BCUT2D eigenvalue weighted by molar-refractivity contribution is 5.86. The molecule has 0 N–H and O–H groups in total. The Hall–Kier alpha value is -1.71. The summed E-state index contributed by atoms with van der Waals surface area (Å²) in [5.41, 5.74) is 0.271. The van der Waals surface area contributed by atoms with Crippen molar-refractivity contribution in [2.24, 2.45) is 0 Å². The van der Waals surface area contributed by atoms with Crippen LogP contribution in [0.25, 0.3) is 6.08 Å². The third-order valence-electron chi connectivity index (χ3n) is 1.50. The minimum Gasteiger partial charge on any atom is -0.466 e. The highest BCUT2D eigenvalue weighted by Crippen LogP contribution is 2.09. The summed E-state index contributed by atoms with van der Waals surface area (Å²) in [4.78, 5) is 10.7. The van der Waals surface area contributed by atoms with Gasteiger partial charge in [0.15, 0.2) is 0 Å². The van der Waals surface area contributed by atoms with Crippen LogP contribution in [0.5, 0.6) is 0 Å². The molecule has 14 heavy (non-hydrogen) atoms. The number of ether oxygens (including phenoxy) is 1. The van der Waals surface area contributed by atoms with Gasteiger partial charge in [-0.3, -0.25) is 0 Å². The van der Waals surface area contributed by atoms with Crippen LogP contribution in [0.2, 0.25) is 0 Å². The number of halogens is 2. The fraction of sp³-hybridized carbons (Fsp3) is 0.100. The molecule has 0 spiro atoms. The predicted octanol–water partition coefficient (Wildman–Crippen LogP) is 2.15. The van der Waals surface area contributed by atoms with E-state index in [-0.39, 0.29) is 5.56 Å². The van der Waals surface area contributed by atoms with Gasteiger partial charge in [0.25, 0.3) is 0 Å². The van der Waals surface area contributed by atoms with E-state index in [2.05, 4.69) is 4.74 Å². The van der Waals surface area contributed by atoms with Gasteiger partial charge in [0.05, 0.1) is 7.11 Å². The van der Waals surface area contributed by atoms with Crippen LogP contribution in [0, 0.1) is 11.6 Å². The van der Waals surface area contributed by atoms with Gasteiger partial charge in [-0.2, -0.15) is 0 Å². The Labute approximate surface area is 79.8 Å². The van der Waals surface area contributed by atoms with Crippen LogP contribution in [-0.4, -0.2) is 13.1 Å². The smallest absolute Gasteiger partial charge is 0.330 e. The molecule has 0 aliphatic heterocycles. The van der Waals surface area contributed by atoms with Crippen molar-refractivity contribution in [2.45, 2.75) is 0 Å². The molecule has 2 nitrogen and oxygen atoms in total. The lowest BCUT2D eigenvalue weighted by molar-refractivity contribution is -0.134. The normalized spacial score (nSPS) is 10.5. The van der Waals surface area contributed by atoms with Gasteiger partial charge in [-0.1, -0.05) is 0 Å². The van der Waals surface area contributed by atoms with Crippen LogP contribution in [0.15, 0.2) is 24.3 Å². The van der Waals surface area contributed by atoms with Gasteiger partial charge in [0.1, 0.15) is 11.6 Å². The van der Waals surface area contributed by atoms with Crippen LogP contribution >= 0.6 is 0 Å². The molecule has 74 valence electrons. The molecule has 0 amide bonds. The molecule has 0 aliphatic carbocycles. The second-order valence-electron chi connectivity index (χ2n) is 2.56. The van der Waals surface area contributed by atoms with Crippen molar-refractivity contribution in [1.82, 2.24) is 0 Å². The number of carbonyl (C=O) groups is 1. The van der Waals surface area contributed by atoms with Gasteiger partial charge in [0, 0.05) is 12.1 Å². The van der Waals surface area contributed by atoms with Crippen LogP contribution < -0.4 is 0 Å². The number of esters is 1. The molecule has 0 aliphatic rings. The Morgan fingerprint density at radius 1 is 1.29 bits per heavy atom. The summed E-state index contributed by atoms with van der Waals surface area (Å²) >= 11 is 0. The Morgan fingerprint density at radius 2 is 1.86 bits per heavy atom. The van der Waals surface area contributed by atoms with E-state index in [4.69, 9.17) is 0 Å². The lowest BCUT2D eigenvalue weighted by atomic mass is 10.2. The van der Waals surface area contributed by atoms with Crippen LogP contribution in [-0.2, 0) is 9.53 Å². The maximum absolute atomic E-state index is 12.6. The Morgan fingerprint density at radius 3 is 2.36 bits per heavy atom. The van der Waals surface area contributed by atoms with Gasteiger partial charge < -0.3 is 4.74 Å². The van der Waals surface area contributed by atoms with Crippen molar-refractivity contribution in [3.63, 3.8) is 0 Å². The average Bonchev–Trinajstić information content (AvgIpc) is 2.12. The van der Waals surface area contributed by atoms with E-state index in [1.165, 1.54) is 13.2 Å². The number of carbonyl (C=O) groups excluding carboxylic acids is 1. The quantitative estimate of drug-likeness (QED) is 0.537. The molecule has 0 saturated heterocycles. The van der Waals surface area contributed by atoms with Crippen molar-refractivity contribution in [2.75, 3.05) is 7.11 Å². The maximum Gasteiger partial charge on any atom is 0.330 e. The molecule has 1 aromatic carbocycles. The number of methoxy groups -OCH3 is 1. The molecule has 0 saturated carbocycles. The third kappa shape index (κ3) is 2.97. The minimum atomic E-state index is -0.686. The van der Waals surface area contributed by atoms with E-state index in [0.29, 0.717) is 0 Å². The molecule has 4 heteroatoms. The van der Waals surface area contributed by atoms with Gasteiger partial charge in [0.2, 0.25) is 0 Å². The summed E-state index contributed by atoms with van der Waals surface area (Å²) in [6.45, 7) is 0. The molecule has 0 aromatic heterocycles. The Bertz CT molecular complexity index is 352. The van der Waals surface area contributed by atoms with Crippen molar-refractivity contribution in [3.8, 4) is 0 Å². The highest BCUT2D eigenvalue weighted by atomic mass is 19.1. The largest absolute Gasteiger partial charge is 0.466 e. The first kappa shape index (κ1) is 10.4. The van der Waals surface area contributed by atoms with Gasteiger partial charge in [-0.15, -0.1) is 0 Å². The topological polar surface area (TPSA) is 26.3 Å².